The Morgan fingerprint density at radius 1 is 0.250 bits per heavy atom. The lowest BCUT2D eigenvalue weighted by molar-refractivity contribution is -0.138. The molecule has 0 spiro atoms. The minimum Gasteiger partial charge on any atom is -0.345 e. The highest BCUT2D eigenvalue weighted by Gasteiger charge is 2.38. The molecule has 0 aromatic heterocycles. The zero-order valence-corrected chi connectivity index (χ0v) is 80.9. The number of halogens is 22. The van der Waals surface area contributed by atoms with Crippen LogP contribution >= 0.6 is 23.2 Å². The molecular weight excluding hydrogens is 1890 g/mol. The summed E-state index contributed by atoms with van der Waals surface area (Å²) in [6, 6.07) is 59.5. The summed E-state index contributed by atoms with van der Waals surface area (Å²) in [5.74, 6) is -2.37. The number of benzene rings is 12. The van der Waals surface area contributed by atoms with Crippen LogP contribution in [0.1, 0.15) is 188 Å². The SMILES string of the molecule is CC(=O)C(CC(C)C)c1cc(-c2ccc(C(F)(F)F)cc2)cc(N(C)c2cc(F)cc(F)c2)c1.CC(=O)C(CC(C)C)c1cc(-c2ccc(C(F)(F)F)cc2)cc(N(C)c2ccc(Cl)c(C(F)(F)F)c2)c1.CC(=O)C(CC(C)C)c1cc(-c2ccc(C(F)(F)F)cc2)cc(N(C)c2ccc(Cl)cc2)c1.CC(=O)C(CC(C)C)c1cc(-c2ccc(C(F)(F)F)cc2)cc(N(C)c2cccc(C(F)(F)F)c2)c1. The zero-order chi connectivity index (χ0) is 104. The average Bonchev–Trinajstić information content (AvgIpc) is 1.16. The van der Waals surface area contributed by atoms with Crippen molar-refractivity contribution in [2.45, 2.75) is 169 Å². The van der Waals surface area contributed by atoms with E-state index in [-0.39, 0.29) is 63.9 Å². The lowest BCUT2D eigenvalue weighted by Crippen LogP contribution is -2.15. The van der Waals surface area contributed by atoms with Crippen LogP contribution in [0.5, 0.6) is 0 Å². The van der Waals surface area contributed by atoms with E-state index in [1.54, 1.807) is 105 Å². The van der Waals surface area contributed by atoms with Gasteiger partial charge in [-0.3, -0.25) is 19.2 Å². The summed E-state index contributed by atoms with van der Waals surface area (Å²) in [4.78, 5) is 56.7. The standard InChI is InChI=1S/C28H26ClF6NO.C28H27F6NO.C27H27ClF3NO.C27H26F5NO/c1-16(2)11-24(17(3)37)20-12-19(18-5-7-21(8-6-18)27(30,31)32)13-23(14-20)36(4)22-9-10-26(29)25(15-22)28(33,34)35;1-17(2)12-26(18(3)36)21-13-20(19-8-10-22(11-9-19)27(29,30)31)14-25(15-21)35(4)24-7-5-6-23(16-24)28(32,33)34;1-17(2)13-26(18(3)33)21-14-20(19-5-7-22(8-6-19)27(29,30)31)15-25(16-21)32(4)24-11-9-23(28)10-12-24;1-16(2)9-26(17(3)34)20-10-19(18-5-7-21(8-6-18)27(30,31)32)11-24(12-20)33(4)25-14-22(28)13-23(29)15-25/h5-10,12-16,24H,11H2,1-4H3;5-11,13-17,26H,12H2,1-4H3;5-12,14-17,26H,13H2,1-4H3;5-8,10-16,26H,9H2,1-4H3. The summed E-state index contributed by atoms with van der Waals surface area (Å²) in [7, 11) is 6.72. The van der Waals surface area contributed by atoms with Gasteiger partial charge in [-0.15, -0.1) is 0 Å². The number of anilines is 8. The Morgan fingerprint density at radius 3 is 0.743 bits per heavy atom. The van der Waals surface area contributed by atoms with E-state index in [4.69, 9.17) is 23.2 Å². The summed E-state index contributed by atoms with van der Waals surface area (Å²) < 4.78 is 264. The van der Waals surface area contributed by atoms with Gasteiger partial charge < -0.3 is 19.6 Å². The molecule has 12 rings (SSSR count). The highest BCUT2D eigenvalue weighted by molar-refractivity contribution is 6.31. The quantitative estimate of drug-likeness (QED) is 0.0449. The molecule has 0 fully saturated rings. The molecule has 0 radical (unpaired) electrons. The molecule has 0 aliphatic carbocycles. The molecule has 140 heavy (non-hydrogen) atoms. The molecule has 0 bridgehead atoms. The van der Waals surface area contributed by atoms with Gasteiger partial charge >= 0.3 is 37.1 Å². The highest BCUT2D eigenvalue weighted by atomic mass is 35.5. The highest BCUT2D eigenvalue weighted by Crippen LogP contribution is 2.47. The summed E-state index contributed by atoms with van der Waals surface area (Å²) in [6.07, 6.45) is -24.6. The number of hydrogen-bond acceptors (Lipinski definition) is 8. The minimum absolute atomic E-state index is 0.0383. The summed E-state index contributed by atoms with van der Waals surface area (Å²) in [6.45, 7) is 22.1. The second-order valence-corrected chi connectivity index (χ2v) is 37.1. The third-order valence-corrected chi connectivity index (χ3v) is 24.1. The molecule has 8 nitrogen and oxygen atoms in total. The number of rotatable bonds is 28. The van der Waals surface area contributed by atoms with Crippen LogP contribution < -0.4 is 19.6 Å². The van der Waals surface area contributed by atoms with E-state index < -0.39 is 105 Å². The summed E-state index contributed by atoms with van der Waals surface area (Å²) in [5, 5.41) is 0.192. The number of Topliss-reactive ketones (excluding diaryl/α,β-unsaturated/α-hetero) is 4. The summed E-state index contributed by atoms with van der Waals surface area (Å²) in [5.41, 5.74) is 6.62. The molecular formula is C110H106Cl2F20N4O4. The fraction of sp³-hybridized carbons (Fsp3) is 0.309. The number of hydrogen-bond donors (Lipinski definition) is 0. The Bertz CT molecular complexity index is 6250. The first-order valence-corrected chi connectivity index (χ1v) is 45.3. The molecule has 12 aromatic rings. The molecule has 0 amide bonds. The molecule has 30 heteroatoms. The molecule has 4 unspecified atom stereocenters. The third-order valence-electron chi connectivity index (χ3n) is 23.5. The van der Waals surface area contributed by atoms with Crippen molar-refractivity contribution in [3.63, 3.8) is 0 Å². The lowest BCUT2D eigenvalue weighted by Gasteiger charge is -2.25. The largest absolute Gasteiger partial charge is 0.417 e. The van der Waals surface area contributed by atoms with Crippen LogP contribution in [0.3, 0.4) is 0 Å². The van der Waals surface area contributed by atoms with Crippen LogP contribution in [-0.2, 0) is 56.2 Å². The van der Waals surface area contributed by atoms with Crippen LogP contribution in [-0.4, -0.2) is 51.3 Å². The normalized spacial score (nSPS) is 12.9. The Morgan fingerprint density at radius 2 is 0.493 bits per heavy atom. The van der Waals surface area contributed by atoms with Crippen molar-refractivity contribution < 1.29 is 107 Å². The van der Waals surface area contributed by atoms with Crippen LogP contribution in [0.2, 0.25) is 10.0 Å². The molecule has 0 aliphatic heterocycles. The first kappa shape index (κ1) is 111. The van der Waals surface area contributed by atoms with Gasteiger partial charge in [0.1, 0.15) is 34.8 Å². The van der Waals surface area contributed by atoms with Crippen molar-refractivity contribution in [2.75, 3.05) is 47.8 Å². The van der Waals surface area contributed by atoms with E-state index in [0.29, 0.717) is 109 Å². The third kappa shape index (κ3) is 30.6. The molecule has 4 atom stereocenters. The smallest absolute Gasteiger partial charge is 0.345 e. The van der Waals surface area contributed by atoms with Gasteiger partial charge in [-0.2, -0.15) is 79.0 Å². The predicted molar refractivity (Wildman–Crippen MR) is 517 cm³/mol. The Kier molecular flexibility index (Phi) is 36.9. The van der Waals surface area contributed by atoms with Gasteiger partial charge in [-0.1, -0.05) is 157 Å². The first-order valence-electron chi connectivity index (χ1n) is 44.6. The number of carbonyl (C=O) groups is 4. The van der Waals surface area contributed by atoms with Gasteiger partial charge in [0.25, 0.3) is 0 Å². The van der Waals surface area contributed by atoms with Crippen LogP contribution in [0, 0.1) is 35.3 Å². The van der Waals surface area contributed by atoms with Gasteiger partial charge in [0.15, 0.2) is 0 Å². The van der Waals surface area contributed by atoms with Crippen molar-refractivity contribution in [1.82, 2.24) is 0 Å². The Labute approximate surface area is 812 Å². The van der Waals surface area contributed by atoms with Crippen molar-refractivity contribution in [3.05, 3.63) is 332 Å². The molecule has 0 N–H and O–H groups in total. The predicted octanol–water partition coefficient (Wildman–Crippen LogP) is 35.1. The lowest BCUT2D eigenvalue weighted by atomic mass is 9.85. The molecule has 12 aromatic carbocycles. The van der Waals surface area contributed by atoms with Crippen molar-refractivity contribution in [1.29, 1.82) is 0 Å². The minimum atomic E-state index is -4.65. The van der Waals surface area contributed by atoms with Crippen molar-refractivity contribution in [2.24, 2.45) is 23.7 Å². The first-order chi connectivity index (χ1) is 65.0. The van der Waals surface area contributed by atoms with Gasteiger partial charge in [0.2, 0.25) is 0 Å². The van der Waals surface area contributed by atoms with Crippen LogP contribution in [0.25, 0.3) is 44.5 Å². The second kappa shape index (κ2) is 46.4. The molecule has 0 saturated heterocycles. The molecule has 0 aliphatic rings. The number of alkyl halides is 18. The molecule has 0 saturated carbocycles. The number of ketones is 4. The monoisotopic (exact) mass is 2000 g/mol. The topological polar surface area (TPSA) is 81.2 Å². The number of carbonyl (C=O) groups excluding carboxylic acids is 4. The van der Waals surface area contributed by atoms with E-state index in [9.17, 15) is 107 Å². The van der Waals surface area contributed by atoms with Gasteiger partial charge in [0, 0.05) is 108 Å². The molecule has 0 heterocycles. The van der Waals surface area contributed by atoms with Crippen LogP contribution in [0.15, 0.2) is 255 Å². The Balaban J connectivity index is 0.000000209. The summed E-state index contributed by atoms with van der Waals surface area (Å²) >= 11 is 11.8. The van der Waals surface area contributed by atoms with E-state index in [1.165, 1.54) is 105 Å². The fourth-order valence-electron chi connectivity index (χ4n) is 16.0. The zero-order valence-electron chi connectivity index (χ0n) is 79.4. The van der Waals surface area contributed by atoms with Gasteiger partial charge in [0.05, 0.1) is 38.4 Å². The number of nitrogens with zero attached hydrogens (tertiary/aromatic N) is 4. The average molecular weight is 2000 g/mol. The van der Waals surface area contributed by atoms with Crippen LogP contribution in [0.4, 0.5) is 133 Å². The molecule has 744 valence electrons. The van der Waals surface area contributed by atoms with Gasteiger partial charge in [-0.05, 0) is 314 Å². The van der Waals surface area contributed by atoms with E-state index in [1.807, 2.05) is 83.8 Å². The van der Waals surface area contributed by atoms with Crippen molar-refractivity contribution >= 4 is 91.8 Å². The van der Waals surface area contributed by atoms with Crippen molar-refractivity contribution in [3.8, 4) is 44.5 Å². The van der Waals surface area contributed by atoms with Gasteiger partial charge in [-0.25, -0.2) is 8.78 Å². The Hall–Kier alpha value is -12.3. The maximum atomic E-state index is 13.8. The fourth-order valence-corrected chi connectivity index (χ4v) is 16.4. The maximum absolute atomic E-state index is 13.8. The van der Waals surface area contributed by atoms with E-state index in [0.717, 1.165) is 101 Å². The van der Waals surface area contributed by atoms with E-state index in [2.05, 4.69) is 13.8 Å². The van der Waals surface area contributed by atoms with E-state index >= 15 is 0 Å². The maximum Gasteiger partial charge on any atom is 0.417 e. The second-order valence-electron chi connectivity index (χ2n) is 36.3.